The van der Waals surface area contributed by atoms with Gasteiger partial charge in [0.1, 0.15) is 0 Å². The Balaban J connectivity index is 0.000000180. The van der Waals surface area contributed by atoms with Crippen molar-refractivity contribution < 1.29 is 0 Å². The van der Waals surface area contributed by atoms with Gasteiger partial charge in [0, 0.05) is 0 Å². The van der Waals surface area contributed by atoms with E-state index in [1.807, 2.05) is 0 Å². The second-order valence-corrected chi connectivity index (χ2v) is 17.2. The second-order valence-electron chi connectivity index (χ2n) is 5.07. The summed E-state index contributed by atoms with van der Waals surface area (Å²) in [6, 6.07) is 0. The molecule has 0 amide bonds. The van der Waals surface area contributed by atoms with Gasteiger partial charge in [-0.2, -0.15) is 0 Å². The molecule has 0 saturated carbocycles. The molecular weight excluding hydrogens is 610 g/mol. The molecule has 0 unspecified atom stereocenters. The minimum absolute atomic E-state index is 0.289. The molecule has 2 rings (SSSR count). The van der Waals surface area contributed by atoms with Gasteiger partial charge in [0.15, 0.2) is 0 Å². The van der Waals surface area contributed by atoms with Crippen molar-refractivity contribution in [3.05, 3.63) is 35.4 Å². The van der Waals surface area contributed by atoms with E-state index in [9.17, 15) is 0 Å². The summed E-state index contributed by atoms with van der Waals surface area (Å²) in [7, 11) is 0. The van der Waals surface area contributed by atoms with Gasteiger partial charge in [0.25, 0.3) is 0 Å². The average molecular weight is 634 g/mol. The molecule has 18 heavy (non-hydrogen) atoms. The fourth-order valence-electron chi connectivity index (χ4n) is 1.92. The van der Waals surface area contributed by atoms with Crippen LogP contribution in [0.5, 0.6) is 0 Å². The fourth-order valence-corrected chi connectivity index (χ4v) is 11.1. The van der Waals surface area contributed by atoms with Crippen LogP contribution in [0, 0.1) is 0 Å². The first-order chi connectivity index (χ1) is 8.25. The summed E-state index contributed by atoms with van der Waals surface area (Å²) in [5.74, 6) is 0. The zero-order valence-electron chi connectivity index (χ0n) is 12.9. The Hall–Kier alpha value is 0.726. The second kappa shape index (κ2) is 6.94. The van der Waals surface area contributed by atoms with Crippen molar-refractivity contribution in [3.63, 3.8) is 0 Å². The van der Waals surface area contributed by atoms with E-state index in [0.717, 1.165) is 0 Å². The summed E-state index contributed by atoms with van der Waals surface area (Å²) < 4.78 is 6.91. The molecule has 0 aliphatic carbocycles. The van der Waals surface area contributed by atoms with Gasteiger partial charge in [0.05, 0.1) is 0 Å². The molecule has 0 aromatic rings. The molecule has 0 aromatic carbocycles. The van der Waals surface area contributed by atoms with Crippen molar-refractivity contribution in [1.82, 2.24) is 0 Å². The Morgan fingerprint density at radius 3 is 0.611 bits per heavy atom. The zero-order chi connectivity index (χ0) is 14.0. The molecule has 2 aliphatic rings. The van der Waals surface area contributed by atoms with Gasteiger partial charge in [-0.15, -0.1) is 0 Å². The third-order valence-corrected chi connectivity index (χ3v) is 14.4. The number of hydrogen-bond acceptors (Lipinski definition) is 0. The Morgan fingerprint density at radius 1 is 0.389 bits per heavy atom. The van der Waals surface area contributed by atoms with Gasteiger partial charge in [-0.1, -0.05) is 0 Å². The molecule has 0 bridgehead atoms. The van der Waals surface area contributed by atoms with Gasteiger partial charge < -0.3 is 0 Å². The third kappa shape index (κ3) is 3.86. The van der Waals surface area contributed by atoms with Gasteiger partial charge in [-0.25, -0.2) is 0 Å². The van der Waals surface area contributed by atoms with Crippen LogP contribution in [0.3, 0.4) is 0 Å². The van der Waals surface area contributed by atoms with E-state index >= 15 is 0 Å². The van der Waals surface area contributed by atoms with E-state index in [2.05, 4.69) is 55.4 Å². The fraction of sp³-hybridized carbons (Fsp3) is 0.500. The van der Waals surface area contributed by atoms with E-state index < -0.39 is 0 Å². The molecule has 2 heteroatoms. The Kier molecular flexibility index (Phi) is 6.47. The Bertz CT molecular complexity index is 395. The maximum atomic E-state index is 2.30. The molecule has 0 aromatic heterocycles. The first-order valence-corrected chi connectivity index (χ1v) is 13.3. The van der Waals surface area contributed by atoms with Crippen LogP contribution in [0.4, 0.5) is 0 Å². The standard InChI is InChI=1S/2C8H12.2Bi/c2*1-5-7(3)8(4)6-2;;/h2*1-4H3;;. The summed E-state index contributed by atoms with van der Waals surface area (Å²) in [6.07, 6.45) is 0. The summed E-state index contributed by atoms with van der Waals surface area (Å²) in [4.78, 5) is 0. The molecule has 2 heterocycles. The summed E-state index contributed by atoms with van der Waals surface area (Å²) in [6.45, 7) is 18.2. The molecule has 2 aliphatic heterocycles. The van der Waals surface area contributed by atoms with Crippen LogP contribution in [0.1, 0.15) is 55.4 Å². The van der Waals surface area contributed by atoms with E-state index in [-0.39, 0.29) is 46.5 Å². The van der Waals surface area contributed by atoms with E-state index in [0.29, 0.717) is 0 Å². The van der Waals surface area contributed by atoms with Crippen molar-refractivity contribution in [2.45, 2.75) is 55.4 Å². The number of hydrogen-bond donors (Lipinski definition) is 0. The molecule has 2 radical (unpaired) electrons. The summed E-state index contributed by atoms with van der Waals surface area (Å²) >= 11 is -0.577. The normalized spacial score (nSPS) is 20.0. The predicted molar refractivity (Wildman–Crippen MR) is 85.0 cm³/mol. The van der Waals surface area contributed by atoms with Crippen molar-refractivity contribution in [3.8, 4) is 0 Å². The molecule has 0 nitrogen and oxygen atoms in total. The molecule has 0 fully saturated rings. The maximum absolute atomic E-state index is 2.30. The van der Waals surface area contributed by atoms with Gasteiger partial charge in [-0.05, 0) is 0 Å². The van der Waals surface area contributed by atoms with Crippen LogP contribution in [0.2, 0.25) is 0 Å². The summed E-state index contributed by atoms with van der Waals surface area (Å²) in [5, 5.41) is 0. The molecule has 98 valence electrons. The third-order valence-electron chi connectivity index (χ3n) is 3.97. The van der Waals surface area contributed by atoms with Crippen LogP contribution >= 0.6 is 0 Å². The van der Waals surface area contributed by atoms with Gasteiger partial charge in [0.2, 0.25) is 0 Å². The molecular formula is C16H24Bi2. The van der Waals surface area contributed by atoms with E-state index in [4.69, 9.17) is 0 Å². The minimum atomic E-state index is -0.289. The molecule has 0 atom stereocenters. The van der Waals surface area contributed by atoms with Crippen molar-refractivity contribution in [2.75, 3.05) is 0 Å². The van der Waals surface area contributed by atoms with Crippen LogP contribution in [-0.4, -0.2) is 46.5 Å². The van der Waals surface area contributed by atoms with Gasteiger partial charge >= 0.3 is 137 Å². The first-order valence-electron chi connectivity index (χ1n) is 6.39. The predicted octanol–water partition coefficient (Wildman–Crippen LogP) is 4.58. The van der Waals surface area contributed by atoms with Crippen LogP contribution in [0.15, 0.2) is 35.4 Å². The van der Waals surface area contributed by atoms with Crippen molar-refractivity contribution in [2.24, 2.45) is 0 Å². The number of allylic oxidation sites excluding steroid dienone is 8. The van der Waals surface area contributed by atoms with Crippen molar-refractivity contribution >= 4 is 46.5 Å². The molecule has 0 saturated heterocycles. The summed E-state index contributed by atoms with van der Waals surface area (Å²) in [5.41, 5.74) is 6.35. The van der Waals surface area contributed by atoms with E-state index in [1.165, 1.54) is 0 Å². The number of rotatable bonds is 0. The molecule has 0 N–H and O–H groups in total. The average Bonchev–Trinajstić information content (AvgIpc) is 2.66. The zero-order valence-corrected chi connectivity index (χ0v) is 19.8. The van der Waals surface area contributed by atoms with Crippen LogP contribution < -0.4 is 0 Å². The topological polar surface area (TPSA) is 0 Å². The van der Waals surface area contributed by atoms with E-state index in [1.54, 1.807) is 35.4 Å². The van der Waals surface area contributed by atoms with Gasteiger partial charge in [-0.3, -0.25) is 0 Å². The quantitative estimate of drug-likeness (QED) is 0.343. The Labute approximate surface area is 136 Å². The van der Waals surface area contributed by atoms with Crippen LogP contribution in [0.25, 0.3) is 0 Å². The first kappa shape index (κ1) is 16.8. The van der Waals surface area contributed by atoms with Crippen molar-refractivity contribution in [1.29, 1.82) is 0 Å². The monoisotopic (exact) mass is 634 g/mol. The Morgan fingerprint density at radius 2 is 0.556 bits per heavy atom. The molecule has 0 spiro atoms. The van der Waals surface area contributed by atoms with Crippen LogP contribution in [-0.2, 0) is 0 Å². The SMILES string of the molecule is C[C]1=C(C)C(C)=[C](C)[Bi]1.C[C]1=C(C)C(C)=[C](C)[Bi]1.